The molecule has 0 radical (unpaired) electrons. The van der Waals surface area contributed by atoms with Crippen molar-refractivity contribution >= 4 is 12.1 Å². The fourth-order valence-electron chi connectivity index (χ4n) is 1.19. The lowest BCUT2D eigenvalue weighted by molar-refractivity contribution is -0.141. The molecule has 5 nitrogen and oxygen atoms in total. The Morgan fingerprint density at radius 1 is 1.24 bits per heavy atom. The van der Waals surface area contributed by atoms with E-state index in [4.69, 9.17) is 9.84 Å². The summed E-state index contributed by atoms with van der Waals surface area (Å²) in [5.41, 5.74) is -0.573. The van der Waals surface area contributed by atoms with Crippen molar-refractivity contribution in [3.8, 4) is 0 Å². The number of carbonyl (C=O) groups is 2. The number of rotatable bonds is 4. The van der Waals surface area contributed by atoms with E-state index in [-0.39, 0.29) is 12.6 Å². The summed E-state index contributed by atoms with van der Waals surface area (Å²) in [5, 5.41) is 8.85. The molecule has 0 heterocycles. The zero-order valence-electron chi connectivity index (χ0n) is 11.5. The molecule has 1 unspecified atom stereocenters. The highest BCUT2D eigenvalue weighted by Crippen LogP contribution is 2.13. The third-order valence-corrected chi connectivity index (χ3v) is 2.14. The van der Waals surface area contributed by atoms with Crippen molar-refractivity contribution in [3.05, 3.63) is 0 Å². The Labute approximate surface area is 103 Å². The maximum absolute atomic E-state index is 11.9. The van der Waals surface area contributed by atoms with Crippen LogP contribution in [0, 0.1) is 5.92 Å². The Morgan fingerprint density at radius 2 is 1.71 bits per heavy atom. The van der Waals surface area contributed by atoms with E-state index >= 15 is 0 Å². The average Bonchev–Trinajstić information content (AvgIpc) is 2.09. The lowest BCUT2D eigenvalue weighted by Gasteiger charge is -2.31. The monoisotopic (exact) mass is 245 g/mol. The number of ether oxygens (including phenoxy) is 1. The second kappa shape index (κ2) is 5.89. The zero-order chi connectivity index (χ0) is 13.8. The van der Waals surface area contributed by atoms with Gasteiger partial charge in [0.25, 0.3) is 0 Å². The molecule has 0 aromatic heterocycles. The fourth-order valence-corrected chi connectivity index (χ4v) is 1.19. The third kappa shape index (κ3) is 6.14. The van der Waals surface area contributed by atoms with E-state index in [2.05, 4.69) is 0 Å². The Bertz CT molecular complexity index is 281. The van der Waals surface area contributed by atoms with E-state index < -0.39 is 23.6 Å². The molecule has 0 aliphatic heterocycles. The molecule has 0 saturated heterocycles. The van der Waals surface area contributed by atoms with Crippen LogP contribution in [0.4, 0.5) is 4.79 Å². The summed E-state index contributed by atoms with van der Waals surface area (Å²) in [6.07, 6.45) is -0.472. The van der Waals surface area contributed by atoms with Gasteiger partial charge in [-0.3, -0.25) is 4.79 Å². The van der Waals surface area contributed by atoms with Gasteiger partial charge in [0.15, 0.2) is 0 Å². The van der Waals surface area contributed by atoms with Crippen LogP contribution < -0.4 is 0 Å². The number of hydrogen-bond donors (Lipinski definition) is 1. The maximum Gasteiger partial charge on any atom is 0.410 e. The first-order valence-corrected chi connectivity index (χ1v) is 5.77. The lowest BCUT2D eigenvalue weighted by atomic mass is 10.1. The third-order valence-electron chi connectivity index (χ3n) is 2.14. The molecule has 0 aromatic carbocycles. The standard InChI is InChI=1S/C12H23NO4/c1-8(2)13(7-9(3)10(14)15)11(16)17-12(4,5)6/h8-9H,7H2,1-6H3,(H,14,15). The van der Waals surface area contributed by atoms with E-state index in [0.29, 0.717) is 0 Å². The molecule has 0 saturated carbocycles. The molecule has 5 heteroatoms. The second-order valence-corrected chi connectivity index (χ2v) is 5.47. The molecule has 0 bridgehead atoms. The number of amides is 1. The molecule has 0 aliphatic carbocycles. The molecule has 0 aromatic rings. The van der Waals surface area contributed by atoms with Crippen LogP contribution in [0.3, 0.4) is 0 Å². The first-order valence-electron chi connectivity index (χ1n) is 5.77. The Morgan fingerprint density at radius 3 is 2.00 bits per heavy atom. The number of nitrogens with zero attached hydrogens (tertiary/aromatic N) is 1. The van der Waals surface area contributed by atoms with Gasteiger partial charge in [-0.05, 0) is 34.6 Å². The number of carboxylic acids is 1. The minimum atomic E-state index is -0.917. The lowest BCUT2D eigenvalue weighted by Crippen LogP contribution is -2.44. The van der Waals surface area contributed by atoms with Crippen LogP contribution in [-0.2, 0) is 9.53 Å². The molecular formula is C12H23NO4. The van der Waals surface area contributed by atoms with Gasteiger partial charge >= 0.3 is 12.1 Å². The predicted molar refractivity (Wildman–Crippen MR) is 64.9 cm³/mol. The Kier molecular flexibility index (Phi) is 5.45. The molecule has 0 rings (SSSR count). The smallest absolute Gasteiger partial charge is 0.410 e. The minimum absolute atomic E-state index is 0.0911. The van der Waals surface area contributed by atoms with Crippen molar-refractivity contribution in [1.29, 1.82) is 0 Å². The fraction of sp³-hybridized carbons (Fsp3) is 0.833. The van der Waals surface area contributed by atoms with Gasteiger partial charge < -0.3 is 14.7 Å². The summed E-state index contributed by atoms with van der Waals surface area (Å²) in [6, 6.07) is -0.0911. The largest absolute Gasteiger partial charge is 0.481 e. The second-order valence-electron chi connectivity index (χ2n) is 5.47. The van der Waals surface area contributed by atoms with E-state index in [1.54, 1.807) is 27.7 Å². The summed E-state index contributed by atoms with van der Waals surface area (Å²) >= 11 is 0. The molecule has 0 fully saturated rings. The van der Waals surface area contributed by atoms with Gasteiger partial charge in [-0.25, -0.2) is 4.79 Å². The Hall–Kier alpha value is -1.26. The molecule has 0 spiro atoms. The molecule has 0 aliphatic rings. The number of hydrogen-bond acceptors (Lipinski definition) is 3. The van der Waals surface area contributed by atoms with Crippen molar-refractivity contribution in [1.82, 2.24) is 4.90 Å². The zero-order valence-corrected chi connectivity index (χ0v) is 11.5. The van der Waals surface area contributed by atoms with Gasteiger partial charge in [-0.2, -0.15) is 0 Å². The van der Waals surface area contributed by atoms with E-state index in [1.165, 1.54) is 4.90 Å². The molecule has 1 N–H and O–H groups in total. The van der Waals surface area contributed by atoms with Crippen molar-refractivity contribution in [2.75, 3.05) is 6.54 Å². The average molecular weight is 245 g/mol. The van der Waals surface area contributed by atoms with Gasteiger partial charge in [-0.1, -0.05) is 6.92 Å². The van der Waals surface area contributed by atoms with Crippen LogP contribution in [0.5, 0.6) is 0 Å². The van der Waals surface area contributed by atoms with E-state index in [9.17, 15) is 9.59 Å². The maximum atomic E-state index is 11.9. The van der Waals surface area contributed by atoms with E-state index in [0.717, 1.165) is 0 Å². The normalized spacial score (nSPS) is 13.4. The molecule has 1 atom stereocenters. The van der Waals surface area contributed by atoms with E-state index in [1.807, 2.05) is 13.8 Å². The van der Waals surface area contributed by atoms with Crippen LogP contribution in [0.25, 0.3) is 0 Å². The van der Waals surface area contributed by atoms with Gasteiger partial charge in [0, 0.05) is 12.6 Å². The molecule has 1 amide bonds. The predicted octanol–water partition coefficient (Wildman–Crippen LogP) is 2.35. The summed E-state index contributed by atoms with van der Waals surface area (Å²) in [6.45, 7) is 10.7. The first kappa shape index (κ1) is 15.7. The molecule has 17 heavy (non-hydrogen) atoms. The highest BCUT2D eigenvalue weighted by atomic mass is 16.6. The highest BCUT2D eigenvalue weighted by Gasteiger charge is 2.27. The topological polar surface area (TPSA) is 66.8 Å². The highest BCUT2D eigenvalue weighted by molar-refractivity contribution is 5.72. The quantitative estimate of drug-likeness (QED) is 0.825. The van der Waals surface area contributed by atoms with Crippen molar-refractivity contribution in [2.24, 2.45) is 5.92 Å². The van der Waals surface area contributed by atoms with Gasteiger partial charge in [0.1, 0.15) is 5.60 Å². The van der Waals surface area contributed by atoms with Crippen LogP contribution in [0.15, 0.2) is 0 Å². The SMILES string of the molecule is CC(CN(C(=O)OC(C)(C)C)C(C)C)C(=O)O. The summed E-state index contributed by atoms with van der Waals surface area (Å²) in [7, 11) is 0. The molecular weight excluding hydrogens is 222 g/mol. The number of carboxylic acid groups (broad SMARTS) is 1. The van der Waals surface area contributed by atoms with Crippen LogP contribution in [-0.4, -0.2) is 40.3 Å². The van der Waals surface area contributed by atoms with Crippen LogP contribution in [0.2, 0.25) is 0 Å². The van der Waals surface area contributed by atoms with Gasteiger partial charge in [0.2, 0.25) is 0 Å². The minimum Gasteiger partial charge on any atom is -0.481 e. The number of aliphatic carboxylic acids is 1. The van der Waals surface area contributed by atoms with Gasteiger partial charge in [0.05, 0.1) is 5.92 Å². The van der Waals surface area contributed by atoms with Crippen LogP contribution >= 0.6 is 0 Å². The first-order chi connectivity index (χ1) is 7.54. The van der Waals surface area contributed by atoms with Crippen molar-refractivity contribution < 1.29 is 19.4 Å². The van der Waals surface area contributed by atoms with Crippen LogP contribution in [0.1, 0.15) is 41.5 Å². The van der Waals surface area contributed by atoms with Crippen molar-refractivity contribution in [3.63, 3.8) is 0 Å². The Balaban J connectivity index is 4.64. The molecule has 100 valence electrons. The van der Waals surface area contributed by atoms with Crippen molar-refractivity contribution in [2.45, 2.75) is 53.2 Å². The van der Waals surface area contributed by atoms with Gasteiger partial charge in [-0.15, -0.1) is 0 Å². The summed E-state index contributed by atoms with van der Waals surface area (Å²) in [5.74, 6) is -1.52. The summed E-state index contributed by atoms with van der Waals surface area (Å²) in [4.78, 5) is 24.1. The summed E-state index contributed by atoms with van der Waals surface area (Å²) < 4.78 is 5.24. The number of carbonyl (C=O) groups excluding carboxylic acids is 1.